The van der Waals surface area contributed by atoms with E-state index in [0.717, 1.165) is 16.5 Å². The van der Waals surface area contributed by atoms with Crippen LogP contribution in [0.1, 0.15) is 5.56 Å². The van der Waals surface area contributed by atoms with Gasteiger partial charge in [-0.3, -0.25) is 9.59 Å². The first-order valence-corrected chi connectivity index (χ1v) is 6.51. The molecular weight excluding hydrogens is 262 g/mol. The van der Waals surface area contributed by atoms with Crippen LogP contribution in [-0.4, -0.2) is 11.8 Å². The fourth-order valence-corrected chi connectivity index (χ4v) is 1.84. The summed E-state index contributed by atoms with van der Waals surface area (Å²) in [6.07, 6.45) is 4.18. The Morgan fingerprint density at radius 1 is 0.857 bits per heavy atom. The lowest BCUT2D eigenvalue weighted by Gasteiger charge is -2.17. The highest BCUT2D eigenvalue weighted by Gasteiger charge is 2.18. The molecule has 0 N–H and O–H groups in total. The maximum atomic E-state index is 12.3. The Balaban J connectivity index is 2.25. The van der Waals surface area contributed by atoms with Gasteiger partial charge in [0, 0.05) is 6.08 Å². The van der Waals surface area contributed by atoms with Crippen molar-refractivity contribution in [2.45, 2.75) is 0 Å². The van der Waals surface area contributed by atoms with Gasteiger partial charge in [0.2, 0.25) is 0 Å². The summed E-state index contributed by atoms with van der Waals surface area (Å²) in [6.45, 7) is 3.44. The predicted octanol–water partition coefficient (Wildman–Crippen LogP) is 3.45. The van der Waals surface area contributed by atoms with Crippen LogP contribution in [0.25, 0.3) is 6.08 Å². The molecule has 2 amide bonds. The predicted molar refractivity (Wildman–Crippen MR) is 84.6 cm³/mol. The summed E-state index contributed by atoms with van der Waals surface area (Å²) in [5.41, 5.74) is 1.41. The zero-order chi connectivity index (χ0) is 15.1. The average Bonchev–Trinajstić information content (AvgIpc) is 2.55. The van der Waals surface area contributed by atoms with Crippen molar-refractivity contribution in [3.05, 3.63) is 85.0 Å². The van der Waals surface area contributed by atoms with E-state index < -0.39 is 11.8 Å². The molecule has 0 saturated heterocycles. The molecule has 0 radical (unpaired) electrons. The molecule has 0 fully saturated rings. The molecule has 0 bridgehead atoms. The number of rotatable bonds is 4. The Kier molecular flexibility index (Phi) is 4.83. The minimum Gasteiger partial charge on any atom is -0.269 e. The van der Waals surface area contributed by atoms with E-state index in [9.17, 15) is 9.59 Å². The van der Waals surface area contributed by atoms with Gasteiger partial charge >= 0.3 is 0 Å². The van der Waals surface area contributed by atoms with Crippen LogP contribution in [0.5, 0.6) is 0 Å². The van der Waals surface area contributed by atoms with Crippen molar-refractivity contribution in [3.63, 3.8) is 0 Å². The number of nitrogens with zero attached hydrogens (tertiary/aromatic N) is 1. The molecule has 2 aromatic rings. The van der Waals surface area contributed by atoms with Gasteiger partial charge in [-0.1, -0.05) is 55.1 Å². The zero-order valence-electron chi connectivity index (χ0n) is 11.5. The van der Waals surface area contributed by atoms with Gasteiger partial charge in [-0.05, 0) is 29.8 Å². The molecule has 0 spiro atoms. The summed E-state index contributed by atoms with van der Waals surface area (Å²) in [7, 11) is 0. The van der Waals surface area contributed by atoms with Gasteiger partial charge in [-0.2, -0.15) is 0 Å². The Hall–Kier alpha value is -2.94. The standard InChI is InChI=1S/C18H15NO2/c1-2-17(20)19(16-11-7-4-8-12-16)18(21)14-13-15-9-5-3-6-10-15/h2-14H,1H2/b14-13+. The molecular formula is C18H15NO2. The number of hydrogen-bond acceptors (Lipinski definition) is 2. The fraction of sp³-hybridized carbons (Fsp3) is 0. The van der Waals surface area contributed by atoms with E-state index in [-0.39, 0.29) is 0 Å². The first-order valence-electron chi connectivity index (χ1n) is 6.51. The third-order valence-electron chi connectivity index (χ3n) is 2.85. The molecule has 0 atom stereocenters. The molecule has 104 valence electrons. The normalized spacial score (nSPS) is 10.3. The molecule has 0 saturated carbocycles. The third kappa shape index (κ3) is 3.76. The van der Waals surface area contributed by atoms with Crippen LogP contribution in [0.3, 0.4) is 0 Å². The van der Waals surface area contributed by atoms with Crippen molar-refractivity contribution in [2.75, 3.05) is 4.90 Å². The molecule has 0 aliphatic carbocycles. The maximum absolute atomic E-state index is 12.3. The van der Waals surface area contributed by atoms with E-state index in [1.165, 1.54) is 6.08 Å². The minimum absolute atomic E-state index is 0.407. The molecule has 2 rings (SSSR count). The largest absolute Gasteiger partial charge is 0.269 e. The van der Waals surface area contributed by atoms with Crippen molar-refractivity contribution < 1.29 is 9.59 Å². The molecule has 3 heteroatoms. The van der Waals surface area contributed by atoms with Crippen molar-refractivity contribution >= 4 is 23.6 Å². The van der Waals surface area contributed by atoms with Crippen molar-refractivity contribution in [3.8, 4) is 0 Å². The van der Waals surface area contributed by atoms with E-state index >= 15 is 0 Å². The Morgan fingerprint density at radius 2 is 1.43 bits per heavy atom. The zero-order valence-corrected chi connectivity index (χ0v) is 11.5. The van der Waals surface area contributed by atoms with Gasteiger partial charge < -0.3 is 0 Å². The highest BCUT2D eigenvalue weighted by atomic mass is 16.2. The third-order valence-corrected chi connectivity index (χ3v) is 2.85. The minimum atomic E-state index is -0.455. The Morgan fingerprint density at radius 3 is 2.00 bits per heavy atom. The molecule has 0 heterocycles. The fourth-order valence-electron chi connectivity index (χ4n) is 1.84. The number of benzene rings is 2. The van der Waals surface area contributed by atoms with Crippen LogP contribution in [0.2, 0.25) is 0 Å². The van der Waals surface area contributed by atoms with Gasteiger partial charge in [0.1, 0.15) is 0 Å². The summed E-state index contributed by atoms with van der Waals surface area (Å²) in [4.78, 5) is 25.3. The van der Waals surface area contributed by atoms with Gasteiger partial charge in [0.25, 0.3) is 11.8 Å². The second-order valence-electron chi connectivity index (χ2n) is 4.30. The molecule has 3 nitrogen and oxygen atoms in total. The number of carbonyl (C=O) groups excluding carboxylic acids is 2. The highest BCUT2D eigenvalue weighted by Crippen LogP contribution is 2.15. The van der Waals surface area contributed by atoms with Crippen LogP contribution in [-0.2, 0) is 9.59 Å². The summed E-state index contributed by atoms with van der Waals surface area (Å²) < 4.78 is 0. The number of hydrogen-bond donors (Lipinski definition) is 0. The average molecular weight is 277 g/mol. The quantitative estimate of drug-likeness (QED) is 0.803. The Labute approximate surface area is 123 Å². The lowest BCUT2D eigenvalue weighted by molar-refractivity contribution is -0.121. The van der Waals surface area contributed by atoms with E-state index in [0.29, 0.717) is 5.69 Å². The first kappa shape index (κ1) is 14.5. The molecule has 21 heavy (non-hydrogen) atoms. The number of carbonyl (C=O) groups is 2. The summed E-state index contributed by atoms with van der Waals surface area (Å²) in [6, 6.07) is 18.2. The number of para-hydroxylation sites is 1. The monoisotopic (exact) mass is 277 g/mol. The van der Waals surface area contributed by atoms with Crippen molar-refractivity contribution in [1.29, 1.82) is 0 Å². The second-order valence-corrected chi connectivity index (χ2v) is 4.30. The first-order chi connectivity index (χ1) is 10.2. The van der Waals surface area contributed by atoms with Gasteiger partial charge in [-0.25, -0.2) is 4.90 Å². The van der Waals surface area contributed by atoms with Gasteiger partial charge in [-0.15, -0.1) is 0 Å². The summed E-state index contributed by atoms with van der Waals surface area (Å²) in [5, 5.41) is 0. The van der Waals surface area contributed by atoms with Crippen molar-refractivity contribution in [1.82, 2.24) is 0 Å². The number of imide groups is 1. The summed E-state index contributed by atoms with van der Waals surface area (Å²) >= 11 is 0. The van der Waals surface area contributed by atoms with Crippen LogP contribution in [0.15, 0.2) is 79.4 Å². The topological polar surface area (TPSA) is 37.4 Å². The van der Waals surface area contributed by atoms with E-state index in [1.54, 1.807) is 30.3 Å². The van der Waals surface area contributed by atoms with Crippen molar-refractivity contribution in [2.24, 2.45) is 0 Å². The van der Waals surface area contributed by atoms with Gasteiger partial charge in [0.15, 0.2) is 0 Å². The van der Waals surface area contributed by atoms with Crippen LogP contribution < -0.4 is 4.90 Å². The van der Waals surface area contributed by atoms with Crippen LogP contribution in [0, 0.1) is 0 Å². The number of anilines is 1. The molecule has 0 aliphatic rings. The summed E-state index contributed by atoms with van der Waals surface area (Å²) in [5.74, 6) is -0.862. The number of amides is 2. The lowest BCUT2D eigenvalue weighted by Crippen LogP contribution is -2.34. The highest BCUT2D eigenvalue weighted by molar-refractivity contribution is 6.22. The smallest absolute Gasteiger partial charge is 0.258 e. The molecule has 2 aromatic carbocycles. The second kappa shape index (κ2) is 7.01. The Bertz CT molecular complexity index is 660. The van der Waals surface area contributed by atoms with Crippen LogP contribution in [0.4, 0.5) is 5.69 Å². The lowest BCUT2D eigenvalue weighted by atomic mass is 10.2. The van der Waals surface area contributed by atoms with E-state index in [1.807, 2.05) is 36.4 Å². The maximum Gasteiger partial charge on any atom is 0.258 e. The van der Waals surface area contributed by atoms with E-state index in [4.69, 9.17) is 0 Å². The molecule has 0 aliphatic heterocycles. The molecule has 0 unspecified atom stereocenters. The molecule has 0 aromatic heterocycles. The van der Waals surface area contributed by atoms with Gasteiger partial charge in [0.05, 0.1) is 5.69 Å². The van der Waals surface area contributed by atoms with Crippen LogP contribution >= 0.6 is 0 Å². The SMILES string of the molecule is C=CC(=O)N(C(=O)/C=C/c1ccccc1)c1ccccc1. The van der Waals surface area contributed by atoms with E-state index in [2.05, 4.69) is 6.58 Å².